The summed E-state index contributed by atoms with van der Waals surface area (Å²) in [5, 5.41) is 3.78. The number of carbonyl (C=O) groups excluding carboxylic acids is 2. The van der Waals surface area contributed by atoms with Crippen LogP contribution in [0.2, 0.25) is 10.0 Å². The van der Waals surface area contributed by atoms with E-state index in [0.29, 0.717) is 10.0 Å². The molecule has 168 valence electrons. The highest BCUT2D eigenvalue weighted by Crippen LogP contribution is 2.27. The molecule has 31 heavy (non-hydrogen) atoms. The van der Waals surface area contributed by atoms with Crippen molar-refractivity contribution >= 4 is 41.1 Å². The summed E-state index contributed by atoms with van der Waals surface area (Å²) in [7, 11) is 1.69. The molecule has 2 unspecified atom stereocenters. The molecule has 0 radical (unpaired) electrons. The number of piperazine rings is 1. The fraction of sp³-hybridized carbons (Fsp3) is 0.571. The second kappa shape index (κ2) is 9.22. The molecule has 2 atom stereocenters. The molecule has 0 aromatic heterocycles. The Balaban J connectivity index is 1.45. The van der Waals surface area contributed by atoms with Gasteiger partial charge in [-0.15, -0.1) is 0 Å². The SMILES string of the molecule is CCCCN1C(N2CCN(Cc3ccc(Cl)cc3Cl)CC2)=NC2C1C(=O)NC(=O)N2C. The smallest absolute Gasteiger partial charge is 0.325 e. The number of aliphatic imine (C=N–C) groups is 1. The van der Waals surface area contributed by atoms with Gasteiger partial charge in [-0.05, 0) is 24.1 Å². The van der Waals surface area contributed by atoms with Crippen LogP contribution in [0.3, 0.4) is 0 Å². The Morgan fingerprint density at radius 3 is 2.58 bits per heavy atom. The van der Waals surface area contributed by atoms with Crippen molar-refractivity contribution in [3.63, 3.8) is 0 Å². The van der Waals surface area contributed by atoms with Gasteiger partial charge in [0.15, 0.2) is 18.2 Å². The standard InChI is InChI=1S/C21H28Cl2N6O2/c1-3-4-7-29-17-18(26(2)21(31)25-19(17)30)24-20(29)28-10-8-27(9-11-28)13-14-5-6-15(22)12-16(14)23/h5-6,12,17-18H,3-4,7-11,13H2,1-2H3,(H,25,30,31). The lowest BCUT2D eigenvalue weighted by molar-refractivity contribution is -0.127. The number of rotatable bonds is 5. The molecule has 2 fully saturated rings. The molecular weight excluding hydrogens is 439 g/mol. The molecule has 1 N–H and O–H groups in total. The molecule has 3 heterocycles. The summed E-state index contributed by atoms with van der Waals surface area (Å²) in [6.45, 7) is 6.94. The van der Waals surface area contributed by atoms with Crippen molar-refractivity contribution < 1.29 is 9.59 Å². The molecule has 3 aliphatic heterocycles. The maximum absolute atomic E-state index is 12.6. The van der Waals surface area contributed by atoms with E-state index in [1.54, 1.807) is 13.1 Å². The monoisotopic (exact) mass is 466 g/mol. The van der Waals surface area contributed by atoms with Gasteiger partial charge in [-0.3, -0.25) is 15.0 Å². The van der Waals surface area contributed by atoms with Crippen molar-refractivity contribution in [1.82, 2.24) is 24.9 Å². The average Bonchev–Trinajstić information content (AvgIpc) is 3.13. The van der Waals surface area contributed by atoms with Gasteiger partial charge in [0.1, 0.15) is 0 Å². The van der Waals surface area contributed by atoms with Gasteiger partial charge in [-0.2, -0.15) is 0 Å². The molecule has 0 bridgehead atoms. The van der Waals surface area contributed by atoms with E-state index in [2.05, 4.69) is 26.9 Å². The first-order chi connectivity index (χ1) is 14.9. The molecule has 2 saturated heterocycles. The predicted octanol–water partition coefficient (Wildman–Crippen LogP) is 2.46. The Morgan fingerprint density at radius 1 is 1.16 bits per heavy atom. The molecule has 0 spiro atoms. The van der Waals surface area contributed by atoms with Gasteiger partial charge in [-0.1, -0.05) is 42.6 Å². The number of guanidine groups is 1. The summed E-state index contributed by atoms with van der Waals surface area (Å²) in [6.07, 6.45) is 1.51. The van der Waals surface area contributed by atoms with Gasteiger partial charge in [0.2, 0.25) is 0 Å². The highest BCUT2D eigenvalue weighted by molar-refractivity contribution is 6.35. The third-order valence-corrected chi connectivity index (χ3v) is 6.74. The number of fused-ring (bicyclic) bond motifs is 1. The van der Waals surface area contributed by atoms with Crippen LogP contribution in [0.15, 0.2) is 23.2 Å². The predicted molar refractivity (Wildman–Crippen MR) is 121 cm³/mol. The number of urea groups is 1. The molecule has 4 rings (SSSR count). The fourth-order valence-corrected chi connectivity index (χ4v) is 4.81. The first kappa shape index (κ1) is 22.2. The molecule has 8 nitrogen and oxygen atoms in total. The van der Waals surface area contributed by atoms with Crippen molar-refractivity contribution in [3.05, 3.63) is 33.8 Å². The minimum Gasteiger partial charge on any atom is -0.340 e. The van der Waals surface area contributed by atoms with Crippen LogP contribution in [0.1, 0.15) is 25.3 Å². The van der Waals surface area contributed by atoms with Gasteiger partial charge in [-0.25, -0.2) is 9.79 Å². The minimum absolute atomic E-state index is 0.265. The molecule has 0 saturated carbocycles. The van der Waals surface area contributed by atoms with Crippen LogP contribution >= 0.6 is 23.2 Å². The Labute approximate surface area is 192 Å². The summed E-state index contributed by atoms with van der Waals surface area (Å²) >= 11 is 12.3. The summed E-state index contributed by atoms with van der Waals surface area (Å²) < 4.78 is 0. The van der Waals surface area contributed by atoms with Crippen LogP contribution in [0.4, 0.5) is 4.79 Å². The van der Waals surface area contributed by atoms with Crippen LogP contribution in [-0.4, -0.2) is 89.5 Å². The van der Waals surface area contributed by atoms with E-state index in [1.165, 1.54) is 4.90 Å². The second-order valence-electron chi connectivity index (χ2n) is 8.24. The number of halogens is 2. The summed E-state index contributed by atoms with van der Waals surface area (Å²) in [6, 6.07) is 4.76. The van der Waals surface area contributed by atoms with Gasteiger partial charge < -0.3 is 14.7 Å². The molecule has 3 amide bonds. The molecule has 1 aromatic carbocycles. The summed E-state index contributed by atoms with van der Waals surface area (Å²) in [5.41, 5.74) is 1.06. The van der Waals surface area contributed by atoms with Crippen molar-refractivity contribution in [1.29, 1.82) is 0 Å². The molecule has 10 heteroatoms. The van der Waals surface area contributed by atoms with E-state index in [9.17, 15) is 9.59 Å². The number of amides is 3. The van der Waals surface area contributed by atoms with Gasteiger partial charge in [0.25, 0.3) is 5.91 Å². The zero-order chi connectivity index (χ0) is 22.1. The van der Waals surface area contributed by atoms with Crippen molar-refractivity contribution in [2.75, 3.05) is 39.8 Å². The Morgan fingerprint density at radius 2 is 1.90 bits per heavy atom. The number of carbonyl (C=O) groups is 2. The number of hydrogen-bond acceptors (Lipinski definition) is 6. The largest absolute Gasteiger partial charge is 0.340 e. The molecule has 3 aliphatic rings. The number of benzene rings is 1. The van der Waals surface area contributed by atoms with Crippen molar-refractivity contribution in [2.24, 2.45) is 4.99 Å². The first-order valence-electron chi connectivity index (χ1n) is 10.7. The van der Waals surface area contributed by atoms with Gasteiger partial charge in [0, 0.05) is 56.4 Å². The number of unbranched alkanes of at least 4 members (excludes halogenated alkanes) is 1. The van der Waals surface area contributed by atoms with E-state index in [0.717, 1.165) is 63.6 Å². The highest BCUT2D eigenvalue weighted by atomic mass is 35.5. The number of nitrogens with zero attached hydrogens (tertiary/aromatic N) is 5. The maximum Gasteiger partial charge on any atom is 0.325 e. The lowest BCUT2D eigenvalue weighted by Crippen LogP contribution is -2.64. The zero-order valence-corrected chi connectivity index (χ0v) is 19.4. The lowest BCUT2D eigenvalue weighted by Gasteiger charge is -2.40. The Bertz CT molecular complexity index is 887. The number of hydrogen-bond donors (Lipinski definition) is 1. The fourth-order valence-electron chi connectivity index (χ4n) is 4.34. The van der Waals surface area contributed by atoms with Crippen molar-refractivity contribution in [2.45, 2.75) is 38.5 Å². The van der Waals surface area contributed by atoms with E-state index in [4.69, 9.17) is 28.2 Å². The maximum atomic E-state index is 12.6. The third kappa shape index (κ3) is 4.47. The second-order valence-corrected chi connectivity index (χ2v) is 9.08. The number of nitrogens with one attached hydrogen (secondary N) is 1. The van der Waals surface area contributed by atoms with Crippen LogP contribution < -0.4 is 5.32 Å². The quantitative estimate of drug-likeness (QED) is 0.721. The van der Waals surface area contributed by atoms with Gasteiger partial charge >= 0.3 is 6.03 Å². The van der Waals surface area contributed by atoms with E-state index in [1.807, 2.05) is 12.1 Å². The Hall–Kier alpha value is -2.03. The Kier molecular flexibility index (Phi) is 6.60. The topological polar surface area (TPSA) is 71.5 Å². The molecule has 0 aliphatic carbocycles. The van der Waals surface area contributed by atoms with Crippen LogP contribution in [0, 0.1) is 0 Å². The lowest BCUT2D eigenvalue weighted by atomic mass is 10.1. The summed E-state index contributed by atoms with van der Waals surface area (Å²) in [5.74, 6) is 0.559. The number of imide groups is 1. The van der Waals surface area contributed by atoms with Crippen LogP contribution in [0.25, 0.3) is 0 Å². The average molecular weight is 467 g/mol. The van der Waals surface area contributed by atoms with Crippen LogP contribution in [0.5, 0.6) is 0 Å². The minimum atomic E-state index is -0.473. The third-order valence-electron chi connectivity index (χ3n) is 6.16. The molecular formula is C21H28Cl2N6O2. The number of likely N-dealkylation sites (N-methyl/N-ethyl adjacent to an activating group) is 1. The zero-order valence-electron chi connectivity index (χ0n) is 17.9. The first-order valence-corrected chi connectivity index (χ1v) is 11.5. The van der Waals surface area contributed by atoms with E-state index >= 15 is 0 Å². The normalized spacial score (nSPS) is 24.4. The molecule has 1 aromatic rings. The highest BCUT2D eigenvalue weighted by Gasteiger charge is 2.49. The van der Waals surface area contributed by atoms with Gasteiger partial charge in [0.05, 0.1) is 0 Å². The van der Waals surface area contributed by atoms with E-state index in [-0.39, 0.29) is 5.91 Å². The van der Waals surface area contributed by atoms with E-state index < -0.39 is 18.2 Å². The van der Waals surface area contributed by atoms with Crippen molar-refractivity contribution in [3.8, 4) is 0 Å². The summed E-state index contributed by atoms with van der Waals surface area (Å²) in [4.78, 5) is 37.7. The van der Waals surface area contributed by atoms with Crippen LogP contribution in [-0.2, 0) is 11.3 Å².